The normalized spacial score (nSPS) is 10.3. The van der Waals surface area contributed by atoms with Crippen LogP contribution in [-0.2, 0) is 0 Å². The van der Waals surface area contributed by atoms with E-state index in [9.17, 15) is 4.79 Å². The number of para-hydroxylation sites is 3. The van der Waals surface area contributed by atoms with Crippen molar-refractivity contribution in [3.8, 4) is 11.5 Å². The highest BCUT2D eigenvalue weighted by atomic mass is 32.1. The van der Waals surface area contributed by atoms with Crippen molar-refractivity contribution in [3.63, 3.8) is 0 Å². The highest BCUT2D eigenvalue weighted by Gasteiger charge is 2.13. The van der Waals surface area contributed by atoms with Gasteiger partial charge in [-0.15, -0.1) is 11.3 Å². The fourth-order valence-electron chi connectivity index (χ4n) is 2.14. The zero-order valence-corrected chi connectivity index (χ0v) is 13.8. The lowest BCUT2D eigenvalue weighted by Crippen LogP contribution is -2.10. The summed E-state index contributed by atoms with van der Waals surface area (Å²) in [4.78, 5) is 14.3. The fraction of sp³-hybridized carbons (Fsp3) is 0.105. The smallest absolute Gasteiger partial charge is 0.265 e. The number of aryl methyl sites for hydroxylation is 2. The van der Waals surface area contributed by atoms with Crippen LogP contribution in [0.3, 0.4) is 0 Å². The number of anilines is 1. The van der Waals surface area contributed by atoms with Gasteiger partial charge < -0.3 is 10.1 Å². The van der Waals surface area contributed by atoms with Gasteiger partial charge in [-0.3, -0.25) is 4.79 Å². The van der Waals surface area contributed by atoms with E-state index in [4.69, 9.17) is 4.74 Å². The number of amides is 1. The molecule has 1 amide bonds. The average molecular weight is 323 g/mol. The van der Waals surface area contributed by atoms with Crippen LogP contribution in [0.5, 0.6) is 11.5 Å². The van der Waals surface area contributed by atoms with Crippen LogP contribution >= 0.6 is 11.3 Å². The Bertz CT molecular complexity index is 805. The van der Waals surface area contributed by atoms with E-state index in [1.54, 1.807) is 0 Å². The number of nitrogens with one attached hydrogen (secondary N) is 1. The van der Waals surface area contributed by atoms with E-state index in [1.807, 2.05) is 74.5 Å². The molecule has 4 heteroatoms. The summed E-state index contributed by atoms with van der Waals surface area (Å²) in [5.74, 6) is 1.24. The van der Waals surface area contributed by atoms with Crippen molar-refractivity contribution < 1.29 is 9.53 Å². The number of ether oxygens (including phenoxy) is 1. The molecule has 3 nitrogen and oxygen atoms in total. The summed E-state index contributed by atoms with van der Waals surface area (Å²) in [6, 6.07) is 18.9. The topological polar surface area (TPSA) is 38.3 Å². The molecule has 116 valence electrons. The molecule has 0 aliphatic heterocycles. The monoisotopic (exact) mass is 323 g/mol. The summed E-state index contributed by atoms with van der Waals surface area (Å²) in [5.41, 5.74) is 1.79. The summed E-state index contributed by atoms with van der Waals surface area (Å²) < 4.78 is 5.86. The molecule has 2 aromatic carbocycles. The Morgan fingerprint density at radius 2 is 1.70 bits per heavy atom. The lowest BCUT2D eigenvalue weighted by molar-refractivity contribution is 0.103. The van der Waals surface area contributed by atoms with Crippen molar-refractivity contribution in [1.29, 1.82) is 0 Å². The maximum atomic E-state index is 12.4. The van der Waals surface area contributed by atoms with Gasteiger partial charge in [0.05, 0.1) is 10.6 Å². The van der Waals surface area contributed by atoms with E-state index in [1.165, 1.54) is 11.3 Å². The molecule has 1 heterocycles. The van der Waals surface area contributed by atoms with Crippen molar-refractivity contribution in [2.45, 2.75) is 13.8 Å². The van der Waals surface area contributed by atoms with Gasteiger partial charge in [-0.2, -0.15) is 0 Å². The van der Waals surface area contributed by atoms with Gasteiger partial charge in [-0.25, -0.2) is 0 Å². The Hall–Kier alpha value is -2.59. The first-order chi connectivity index (χ1) is 11.1. The molecular weight excluding hydrogens is 306 g/mol. The molecule has 0 saturated carbocycles. The SMILES string of the molecule is Cc1cc(C(=O)Nc2ccccc2Oc2ccccc2)sc1C. The molecule has 23 heavy (non-hydrogen) atoms. The van der Waals surface area contributed by atoms with Gasteiger partial charge in [0.25, 0.3) is 5.91 Å². The van der Waals surface area contributed by atoms with Crippen LogP contribution in [0.25, 0.3) is 0 Å². The van der Waals surface area contributed by atoms with Gasteiger partial charge in [-0.1, -0.05) is 30.3 Å². The Morgan fingerprint density at radius 1 is 1.00 bits per heavy atom. The highest BCUT2D eigenvalue weighted by Crippen LogP contribution is 2.30. The van der Waals surface area contributed by atoms with Crippen LogP contribution in [-0.4, -0.2) is 5.91 Å². The van der Waals surface area contributed by atoms with Gasteiger partial charge in [0.1, 0.15) is 5.75 Å². The van der Waals surface area contributed by atoms with Gasteiger partial charge in [0.15, 0.2) is 5.75 Å². The minimum Gasteiger partial charge on any atom is -0.455 e. The van der Waals surface area contributed by atoms with Crippen molar-refractivity contribution in [2.24, 2.45) is 0 Å². The minimum atomic E-state index is -0.115. The number of thiophene rings is 1. The van der Waals surface area contributed by atoms with Crippen LogP contribution < -0.4 is 10.1 Å². The highest BCUT2D eigenvalue weighted by molar-refractivity contribution is 7.14. The second-order valence-corrected chi connectivity index (χ2v) is 6.47. The quantitative estimate of drug-likeness (QED) is 0.697. The van der Waals surface area contributed by atoms with Crippen molar-refractivity contribution in [1.82, 2.24) is 0 Å². The Morgan fingerprint density at radius 3 is 2.39 bits per heavy atom. The molecule has 0 aliphatic rings. The molecule has 0 bridgehead atoms. The van der Waals surface area contributed by atoms with Gasteiger partial charge in [0.2, 0.25) is 0 Å². The number of hydrogen-bond donors (Lipinski definition) is 1. The largest absolute Gasteiger partial charge is 0.455 e. The third-order valence-corrected chi connectivity index (χ3v) is 4.65. The summed E-state index contributed by atoms with van der Waals surface area (Å²) in [6.07, 6.45) is 0. The van der Waals surface area contributed by atoms with E-state index in [2.05, 4.69) is 5.32 Å². The fourth-order valence-corrected chi connectivity index (χ4v) is 3.07. The summed E-state index contributed by atoms with van der Waals surface area (Å²) in [7, 11) is 0. The van der Waals surface area contributed by atoms with Gasteiger partial charge in [-0.05, 0) is 49.7 Å². The molecule has 1 aromatic heterocycles. The molecule has 0 unspecified atom stereocenters. The summed E-state index contributed by atoms with van der Waals surface area (Å²) in [5, 5.41) is 2.93. The molecule has 0 fully saturated rings. The molecule has 1 N–H and O–H groups in total. The molecule has 0 aliphatic carbocycles. The first-order valence-electron chi connectivity index (χ1n) is 7.34. The van der Waals surface area contributed by atoms with E-state index in [0.29, 0.717) is 16.3 Å². The maximum Gasteiger partial charge on any atom is 0.265 e. The van der Waals surface area contributed by atoms with E-state index < -0.39 is 0 Å². The first-order valence-corrected chi connectivity index (χ1v) is 8.15. The Kier molecular flexibility index (Phi) is 4.44. The lowest BCUT2D eigenvalue weighted by atomic mass is 10.2. The van der Waals surface area contributed by atoms with Crippen molar-refractivity contribution in [2.75, 3.05) is 5.32 Å². The predicted molar refractivity (Wildman–Crippen MR) is 94.7 cm³/mol. The Balaban J connectivity index is 1.81. The lowest BCUT2D eigenvalue weighted by Gasteiger charge is -2.11. The summed E-state index contributed by atoms with van der Waals surface area (Å²) in [6.45, 7) is 4.03. The van der Waals surface area contributed by atoms with Crippen LogP contribution in [0.4, 0.5) is 5.69 Å². The Labute approximate surface area is 139 Å². The van der Waals surface area contributed by atoms with E-state index in [-0.39, 0.29) is 5.91 Å². The molecular formula is C19H17NO2S. The zero-order valence-electron chi connectivity index (χ0n) is 13.0. The van der Waals surface area contributed by atoms with Gasteiger partial charge in [0, 0.05) is 4.88 Å². The molecule has 0 atom stereocenters. The predicted octanol–water partition coefficient (Wildman–Crippen LogP) is 5.41. The van der Waals surface area contributed by atoms with E-state index >= 15 is 0 Å². The third-order valence-electron chi connectivity index (χ3n) is 3.50. The third kappa shape index (κ3) is 3.60. The van der Waals surface area contributed by atoms with Gasteiger partial charge >= 0.3 is 0 Å². The number of rotatable bonds is 4. The first kappa shape index (κ1) is 15.3. The molecule has 0 saturated heterocycles. The number of carbonyl (C=O) groups is 1. The average Bonchev–Trinajstić information content (AvgIpc) is 2.90. The maximum absolute atomic E-state index is 12.4. The zero-order chi connectivity index (χ0) is 16.2. The standard InChI is InChI=1S/C19H17NO2S/c1-13-12-18(23-14(13)2)19(21)20-16-10-6-7-11-17(16)22-15-8-4-3-5-9-15/h3-12H,1-2H3,(H,20,21). The molecule has 0 spiro atoms. The molecule has 3 rings (SSSR count). The van der Waals surface area contributed by atoms with Crippen LogP contribution in [0.1, 0.15) is 20.1 Å². The molecule has 3 aromatic rings. The summed E-state index contributed by atoms with van der Waals surface area (Å²) >= 11 is 1.50. The number of carbonyl (C=O) groups excluding carboxylic acids is 1. The number of hydrogen-bond acceptors (Lipinski definition) is 3. The van der Waals surface area contributed by atoms with Crippen molar-refractivity contribution in [3.05, 3.63) is 76.0 Å². The molecule has 0 radical (unpaired) electrons. The second-order valence-electron chi connectivity index (χ2n) is 5.22. The number of benzene rings is 2. The van der Waals surface area contributed by atoms with E-state index in [0.717, 1.165) is 16.2 Å². The second kappa shape index (κ2) is 6.67. The van der Waals surface area contributed by atoms with Crippen LogP contribution in [0.2, 0.25) is 0 Å². The van der Waals surface area contributed by atoms with Crippen molar-refractivity contribution >= 4 is 22.9 Å². The minimum absolute atomic E-state index is 0.115. The van der Waals surface area contributed by atoms with Crippen LogP contribution in [0.15, 0.2) is 60.7 Å². The van der Waals surface area contributed by atoms with Crippen LogP contribution in [0, 0.1) is 13.8 Å².